The number of halogens is 1. The number of aliphatic imine (C=N–C) groups is 1. The third-order valence-electron chi connectivity index (χ3n) is 4.75. The largest absolute Gasteiger partial charge is 0.385 e. The van der Waals surface area contributed by atoms with Crippen LogP contribution in [0.5, 0.6) is 0 Å². The Morgan fingerprint density at radius 1 is 1.37 bits per heavy atom. The minimum Gasteiger partial charge on any atom is -0.385 e. The lowest BCUT2D eigenvalue weighted by atomic mass is 10.1. The van der Waals surface area contributed by atoms with Crippen LogP contribution in [0.3, 0.4) is 0 Å². The SMILES string of the molecule is CN=C(NCC(SC)c1cccc(Cl)c1)N1CCC(OCCCOC)CC1. The number of methoxy groups -OCH3 is 1. The molecule has 1 N–H and O–H groups in total. The molecular weight excluding hydrogens is 382 g/mol. The third-order valence-corrected chi connectivity index (χ3v) is 5.99. The van der Waals surface area contributed by atoms with Crippen LogP contribution in [0.2, 0.25) is 5.02 Å². The van der Waals surface area contributed by atoms with Crippen LogP contribution in [-0.4, -0.2) is 70.2 Å². The topological polar surface area (TPSA) is 46.1 Å². The quantitative estimate of drug-likeness (QED) is 0.378. The number of guanidine groups is 1. The van der Waals surface area contributed by atoms with Crippen LogP contribution in [0.1, 0.15) is 30.1 Å². The molecule has 1 aliphatic rings. The van der Waals surface area contributed by atoms with Crippen molar-refractivity contribution in [3.8, 4) is 0 Å². The summed E-state index contributed by atoms with van der Waals surface area (Å²) >= 11 is 7.96. The van der Waals surface area contributed by atoms with Gasteiger partial charge in [0.2, 0.25) is 0 Å². The molecule has 1 unspecified atom stereocenters. The molecule has 1 heterocycles. The normalized spacial score (nSPS) is 17.2. The number of thioether (sulfide) groups is 1. The van der Waals surface area contributed by atoms with Crippen LogP contribution in [0, 0.1) is 0 Å². The lowest BCUT2D eigenvalue weighted by molar-refractivity contribution is 0.00991. The predicted molar refractivity (Wildman–Crippen MR) is 116 cm³/mol. The molecule has 0 aromatic heterocycles. The Balaban J connectivity index is 1.78. The highest BCUT2D eigenvalue weighted by Crippen LogP contribution is 2.27. The maximum atomic E-state index is 6.14. The number of rotatable bonds is 9. The maximum absolute atomic E-state index is 6.14. The summed E-state index contributed by atoms with van der Waals surface area (Å²) in [5.41, 5.74) is 1.24. The van der Waals surface area contributed by atoms with Gasteiger partial charge in [-0.15, -0.1) is 0 Å². The van der Waals surface area contributed by atoms with Crippen LogP contribution in [0.15, 0.2) is 29.3 Å². The fourth-order valence-corrected chi connectivity index (χ4v) is 4.12. The van der Waals surface area contributed by atoms with Gasteiger partial charge in [0, 0.05) is 57.3 Å². The van der Waals surface area contributed by atoms with E-state index in [2.05, 4.69) is 27.5 Å². The molecule has 1 aromatic carbocycles. The zero-order chi connectivity index (χ0) is 19.5. The number of hydrogen-bond acceptors (Lipinski definition) is 4. The van der Waals surface area contributed by atoms with Crippen LogP contribution in [-0.2, 0) is 9.47 Å². The minimum atomic E-state index is 0.335. The first-order valence-electron chi connectivity index (χ1n) is 9.52. The number of likely N-dealkylation sites (tertiary alicyclic amines) is 1. The van der Waals surface area contributed by atoms with E-state index in [4.69, 9.17) is 21.1 Å². The second-order valence-electron chi connectivity index (χ2n) is 6.61. The van der Waals surface area contributed by atoms with Crippen molar-refractivity contribution in [2.24, 2.45) is 4.99 Å². The summed E-state index contributed by atoms with van der Waals surface area (Å²) in [5.74, 6) is 0.967. The Hall–Kier alpha value is -0.950. The molecule has 1 atom stereocenters. The van der Waals surface area contributed by atoms with Gasteiger partial charge in [-0.05, 0) is 43.2 Å². The Labute approximate surface area is 172 Å². The highest BCUT2D eigenvalue weighted by molar-refractivity contribution is 7.98. The summed E-state index contributed by atoms with van der Waals surface area (Å²) in [6.07, 6.45) is 5.51. The molecule has 0 saturated carbocycles. The molecule has 0 bridgehead atoms. The van der Waals surface area contributed by atoms with Crippen molar-refractivity contribution in [2.45, 2.75) is 30.6 Å². The average Bonchev–Trinajstić information content (AvgIpc) is 2.69. The third kappa shape index (κ3) is 7.53. The number of hydrogen-bond donors (Lipinski definition) is 1. The van der Waals surface area contributed by atoms with E-state index in [0.717, 1.165) is 63.1 Å². The number of benzene rings is 1. The molecule has 1 saturated heterocycles. The van der Waals surface area contributed by atoms with Gasteiger partial charge < -0.3 is 19.7 Å². The summed E-state index contributed by atoms with van der Waals surface area (Å²) in [6.45, 7) is 4.30. The van der Waals surface area contributed by atoms with Crippen LogP contribution >= 0.6 is 23.4 Å². The predicted octanol–water partition coefficient (Wildman–Crippen LogP) is 3.84. The molecule has 2 rings (SSSR count). The molecule has 0 spiro atoms. The Morgan fingerprint density at radius 3 is 2.78 bits per heavy atom. The van der Waals surface area contributed by atoms with Gasteiger partial charge in [0.1, 0.15) is 0 Å². The van der Waals surface area contributed by atoms with Crippen molar-refractivity contribution in [2.75, 3.05) is 53.3 Å². The van der Waals surface area contributed by atoms with Gasteiger partial charge in [-0.2, -0.15) is 11.8 Å². The van der Waals surface area contributed by atoms with Crippen LogP contribution < -0.4 is 5.32 Å². The number of ether oxygens (including phenoxy) is 2. The monoisotopic (exact) mass is 413 g/mol. The minimum absolute atomic E-state index is 0.335. The van der Waals surface area contributed by atoms with E-state index in [9.17, 15) is 0 Å². The van der Waals surface area contributed by atoms with Crippen molar-refractivity contribution < 1.29 is 9.47 Å². The maximum Gasteiger partial charge on any atom is 0.193 e. The van der Waals surface area contributed by atoms with Gasteiger partial charge >= 0.3 is 0 Å². The summed E-state index contributed by atoms with van der Waals surface area (Å²) in [4.78, 5) is 6.80. The molecule has 27 heavy (non-hydrogen) atoms. The molecule has 7 heteroatoms. The summed E-state index contributed by atoms with van der Waals surface area (Å²) in [7, 11) is 3.58. The Bertz CT molecular complexity index is 580. The van der Waals surface area contributed by atoms with Crippen LogP contribution in [0.4, 0.5) is 0 Å². The molecule has 1 fully saturated rings. The molecule has 0 radical (unpaired) electrons. The van der Waals surface area contributed by atoms with E-state index in [1.165, 1.54) is 5.56 Å². The van der Waals surface area contributed by atoms with Gasteiger partial charge in [0.15, 0.2) is 5.96 Å². The molecule has 1 aliphatic heterocycles. The van der Waals surface area contributed by atoms with E-state index < -0.39 is 0 Å². The lowest BCUT2D eigenvalue weighted by Gasteiger charge is -2.34. The Morgan fingerprint density at radius 2 is 2.15 bits per heavy atom. The second kappa shape index (κ2) is 12.5. The van der Waals surface area contributed by atoms with Crippen molar-refractivity contribution in [1.29, 1.82) is 0 Å². The lowest BCUT2D eigenvalue weighted by Crippen LogP contribution is -2.47. The van der Waals surface area contributed by atoms with E-state index in [1.807, 2.05) is 37.0 Å². The molecule has 5 nitrogen and oxygen atoms in total. The van der Waals surface area contributed by atoms with Crippen molar-refractivity contribution in [3.63, 3.8) is 0 Å². The first kappa shape index (κ1) is 22.3. The summed E-state index contributed by atoms with van der Waals surface area (Å²) in [5, 5.41) is 4.65. The first-order chi connectivity index (χ1) is 13.2. The molecule has 0 aliphatic carbocycles. The first-order valence-corrected chi connectivity index (χ1v) is 11.2. The number of nitrogens with zero attached hydrogens (tertiary/aromatic N) is 2. The van der Waals surface area contributed by atoms with Gasteiger partial charge in [0.05, 0.1) is 6.10 Å². The van der Waals surface area contributed by atoms with Crippen molar-refractivity contribution >= 4 is 29.3 Å². The van der Waals surface area contributed by atoms with Crippen molar-refractivity contribution in [1.82, 2.24) is 10.2 Å². The molecular formula is C20H32ClN3O2S. The highest BCUT2D eigenvalue weighted by Gasteiger charge is 2.22. The standard InChI is InChI=1S/C20H32ClN3O2S/c1-22-20(23-15-19(27-3)16-6-4-7-17(21)14-16)24-10-8-18(9-11-24)26-13-5-12-25-2/h4,6-7,14,18-19H,5,8-13,15H2,1-3H3,(H,22,23). The fraction of sp³-hybridized carbons (Fsp3) is 0.650. The average molecular weight is 414 g/mol. The molecule has 152 valence electrons. The van der Waals surface area contributed by atoms with E-state index in [-0.39, 0.29) is 0 Å². The van der Waals surface area contributed by atoms with Crippen molar-refractivity contribution in [3.05, 3.63) is 34.9 Å². The van der Waals surface area contributed by atoms with Gasteiger partial charge in [-0.25, -0.2) is 0 Å². The van der Waals surface area contributed by atoms with Gasteiger partial charge in [-0.3, -0.25) is 4.99 Å². The smallest absolute Gasteiger partial charge is 0.193 e. The fourth-order valence-electron chi connectivity index (χ4n) is 3.25. The zero-order valence-electron chi connectivity index (χ0n) is 16.6. The number of nitrogens with one attached hydrogen (secondary N) is 1. The number of piperidine rings is 1. The Kier molecular flexibility index (Phi) is 10.3. The van der Waals surface area contributed by atoms with Crippen LogP contribution in [0.25, 0.3) is 0 Å². The highest BCUT2D eigenvalue weighted by atomic mass is 35.5. The van der Waals surface area contributed by atoms with E-state index >= 15 is 0 Å². The molecule has 0 amide bonds. The second-order valence-corrected chi connectivity index (χ2v) is 8.09. The molecule has 1 aromatic rings. The van der Waals surface area contributed by atoms with Gasteiger partial charge in [-0.1, -0.05) is 23.7 Å². The van der Waals surface area contributed by atoms with Gasteiger partial charge in [0.25, 0.3) is 0 Å². The van der Waals surface area contributed by atoms with E-state index in [0.29, 0.717) is 11.4 Å². The summed E-state index contributed by atoms with van der Waals surface area (Å²) < 4.78 is 11.0. The van der Waals surface area contributed by atoms with E-state index in [1.54, 1.807) is 7.11 Å². The zero-order valence-corrected chi connectivity index (χ0v) is 18.2. The summed E-state index contributed by atoms with van der Waals surface area (Å²) in [6, 6.07) is 8.09.